The van der Waals surface area contributed by atoms with Crippen LogP contribution in [0.4, 0.5) is 0 Å². The summed E-state index contributed by atoms with van der Waals surface area (Å²) < 4.78 is 10.2. The first kappa shape index (κ1) is 16.5. The Morgan fingerprint density at radius 1 is 1.09 bits per heavy atom. The van der Waals surface area contributed by atoms with Gasteiger partial charge in [0.2, 0.25) is 5.91 Å². The van der Waals surface area contributed by atoms with Gasteiger partial charge in [0.25, 0.3) is 0 Å². The van der Waals surface area contributed by atoms with Crippen molar-refractivity contribution in [3.05, 3.63) is 48.0 Å². The molecule has 0 heterocycles. The van der Waals surface area contributed by atoms with Crippen LogP contribution in [0.15, 0.2) is 42.5 Å². The molecule has 0 radical (unpaired) electrons. The van der Waals surface area contributed by atoms with Crippen LogP contribution in [0.5, 0.6) is 0 Å². The van der Waals surface area contributed by atoms with Crippen LogP contribution < -0.4 is 5.32 Å². The van der Waals surface area contributed by atoms with Gasteiger partial charge >= 0.3 is 0 Å². The molecule has 2 aromatic rings. The van der Waals surface area contributed by atoms with E-state index >= 15 is 0 Å². The van der Waals surface area contributed by atoms with Crippen LogP contribution in [-0.4, -0.2) is 32.8 Å². The fourth-order valence-electron chi connectivity index (χ4n) is 2.28. The maximum Gasteiger partial charge on any atom is 0.222 e. The molecule has 1 atom stereocenters. The van der Waals surface area contributed by atoms with Gasteiger partial charge in [0, 0.05) is 13.5 Å². The van der Waals surface area contributed by atoms with Gasteiger partial charge in [0.15, 0.2) is 0 Å². The Balaban J connectivity index is 1.84. The van der Waals surface area contributed by atoms with Crippen LogP contribution in [-0.2, 0) is 14.3 Å². The molecular formula is C18H23NO3. The third-order valence-electron chi connectivity index (χ3n) is 3.56. The van der Waals surface area contributed by atoms with Gasteiger partial charge < -0.3 is 14.8 Å². The van der Waals surface area contributed by atoms with E-state index < -0.39 is 0 Å². The van der Waals surface area contributed by atoms with Crippen molar-refractivity contribution in [1.82, 2.24) is 5.32 Å². The van der Waals surface area contributed by atoms with E-state index in [2.05, 4.69) is 35.6 Å². The molecule has 0 fully saturated rings. The smallest absolute Gasteiger partial charge is 0.222 e. The standard InChI is InChI=1S/C18H23NO3/c1-14(19-18(20)9-10-22-12-11-21-2)16-8-7-15-5-3-4-6-17(15)13-16/h3-8,13-14H,9-12H2,1-2H3,(H,19,20)/t14-/m0/s1. The zero-order valence-corrected chi connectivity index (χ0v) is 13.2. The normalized spacial score (nSPS) is 12.3. The van der Waals surface area contributed by atoms with E-state index in [1.165, 1.54) is 10.8 Å². The molecule has 0 aliphatic carbocycles. The zero-order chi connectivity index (χ0) is 15.8. The van der Waals surface area contributed by atoms with E-state index in [0.29, 0.717) is 26.2 Å². The van der Waals surface area contributed by atoms with Gasteiger partial charge in [0.05, 0.1) is 25.9 Å². The van der Waals surface area contributed by atoms with E-state index in [9.17, 15) is 4.79 Å². The summed E-state index contributed by atoms with van der Waals surface area (Å²) in [5.74, 6) is -0.00178. The fraction of sp³-hybridized carbons (Fsp3) is 0.389. The Morgan fingerprint density at radius 2 is 1.86 bits per heavy atom. The van der Waals surface area contributed by atoms with E-state index in [1.807, 2.05) is 19.1 Å². The lowest BCUT2D eigenvalue weighted by atomic mass is 10.0. The molecule has 0 saturated carbocycles. The first-order valence-electron chi connectivity index (χ1n) is 7.55. The lowest BCUT2D eigenvalue weighted by Crippen LogP contribution is -2.27. The molecule has 22 heavy (non-hydrogen) atoms. The SMILES string of the molecule is COCCOCCC(=O)N[C@@H](C)c1ccc2ccccc2c1. The lowest BCUT2D eigenvalue weighted by Gasteiger charge is -2.15. The summed E-state index contributed by atoms with van der Waals surface area (Å²) in [6, 6.07) is 14.5. The van der Waals surface area contributed by atoms with Crippen LogP contribution in [0, 0.1) is 0 Å². The number of carbonyl (C=O) groups is 1. The number of amides is 1. The molecule has 4 heteroatoms. The molecule has 0 unspecified atom stereocenters. The van der Waals surface area contributed by atoms with E-state index in [1.54, 1.807) is 7.11 Å². The molecule has 0 saturated heterocycles. The Labute approximate surface area is 131 Å². The first-order chi connectivity index (χ1) is 10.7. The van der Waals surface area contributed by atoms with Crippen LogP contribution in [0.25, 0.3) is 10.8 Å². The highest BCUT2D eigenvalue weighted by Gasteiger charge is 2.09. The number of hydrogen-bond acceptors (Lipinski definition) is 3. The van der Waals surface area contributed by atoms with Crippen molar-refractivity contribution in [3.63, 3.8) is 0 Å². The molecule has 2 aromatic carbocycles. The largest absolute Gasteiger partial charge is 0.382 e. The van der Waals surface area contributed by atoms with Crippen LogP contribution in [0.2, 0.25) is 0 Å². The second kappa shape index (κ2) is 8.51. The predicted molar refractivity (Wildman–Crippen MR) is 87.8 cm³/mol. The van der Waals surface area contributed by atoms with Crippen LogP contribution >= 0.6 is 0 Å². The topological polar surface area (TPSA) is 47.6 Å². The minimum absolute atomic E-state index is 0.00178. The number of ether oxygens (including phenoxy) is 2. The van der Waals surface area contributed by atoms with Crippen molar-refractivity contribution in [1.29, 1.82) is 0 Å². The second-order valence-corrected chi connectivity index (χ2v) is 5.25. The quantitative estimate of drug-likeness (QED) is 0.762. The Hall–Kier alpha value is -1.91. The van der Waals surface area contributed by atoms with Crippen molar-refractivity contribution in [2.24, 2.45) is 0 Å². The number of methoxy groups -OCH3 is 1. The van der Waals surface area contributed by atoms with Gasteiger partial charge in [0.1, 0.15) is 0 Å². The Morgan fingerprint density at radius 3 is 2.64 bits per heavy atom. The highest BCUT2D eigenvalue weighted by Crippen LogP contribution is 2.20. The van der Waals surface area contributed by atoms with Gasteiger partial charge in [-0.3, -0.25) is 4.79 Å². The number of carbonyl (C=O) groups excluding carboxylic acids is 1. The molecule has 118 valence electrons. The summed E-state index contributed by atoms with van der Waals surface area (Å²) in [6.07, 6.45) is 0.363. The first-order valence-corrected chi connectivity index (χ1v) is 7.55. The van der Waals surface area contributed by atoms with Crippen molar-refractivity contribution in [2.45, 2.75) is 19.4 Å². The van der Waals surface area contributed by atoms with Crippen molar-refractivity contribution >= 4 is 16.7 Å². The second-order valence-electron chi connectivity index (χ2n) is 5.25. The molecule has 0 aliphatic rings. The van der Waals surface area contributed by atoms with E-state index in [4.69, 9.17) is 9.47 Å². The molecule has 1 N–H and O–H groups in total. The Kier molecular flexibility index (Phi) is 6.37. The van der Waals surface area contributed by atoms with Gasteiger partial charge in [-0.2, -0.15) is 0 Å². The summed E-state index contributed by atoms with van der Waals surface area (Å²) in [7, 11) is 1.63. The van der Waals surface area contributed by atoms with Gasteiger partial charge in [-0.05, 0) is 29.3 Å². The minimum Gasteiger partial charge on any atom is -0.382 e. The van der Waals surface area contributed by atoms with Crippen molar-refractivity contribution in [3.8, 4) is 0 Å². The summed E-state index contributed by atoms with van der Waals surface area (Å²) in [6.45, 7) is 3.48. The molecule has 2 rings (SSSR count). The van der Waals surface area contributed by atoms with Crippen LogP contribution in [0.3, 0.4) is 0 Å². The van der Waals surface area contributed by atoms with Gasteiger partial charge in [-0.1, -0.05) is 36.4 Å². The fourth-order valence-corrected chi connectivity index (χ4v) is 2.28. The zero-order valence-electron chi connectivity index (χ0n) is 13.2. The lowest BCUT2D eigenvalue weighted by molar-refractivity contribution is -0.122. The summed E-state index contributed by atoms with van der Waals surface area (Å²) in [5, 5.41) is 5.39. The third-order valence-corrected chi connectivity index (χ3v) is 3.56. The number of benzene rings is 2. The Bertz CT molecular complexity index is 612. The van der Waals surface area contributed by atoms with E-state index in [0.717, 1.165) is 5.56 Å². The maximum atomic E-state index is 11.9. The van der Waals surface area contributed by atoms with Crippen molar-refractivity contribution < 1.29 is 14.3 Å². The molecule has 0 aromatic heterocycles. The summed E-state index contributed by atoms with van der Waals surface area (Å²) in [4.78, 5) is 11.9. The maximum absolute atomic E-state index is 11.9. The summed E-state index contributed by atoms with van der Waals surface area (Å²) >= 11 is 0. The van der Waals surface area contributed by atoms with Gasteiger partial charge in [-0.25, -0.2) is 0 Å². The predicted octanol–water partition coefficient (Wildman–Crippen LogP) is 3.07. The third kappa shape index (κ3) is 4.83. The highest BCUT2D eigenvalue weighted by atomic mass is 16.5. The average molecular weight is 301 g/mol. The highest BCUT2D eigenvalue weighted by molar-refractivity contribution is 5.83. The molecule has 4 nitrogen and oxygen atoms in total. The average Bonchev–Trinajstić information content (AvgIpc) is 2.54. The minimum atomic E-state index is -0.0175. The molecule has 0 spiro atoms. The molecule has 0 aliphatic heterocycles. The molecular weight excluding hydrogens is 278 g/mol. The number of fused-ring (bicyclic) bond motifs is 1. The number of hydrogen-bond donors (Lipinski definition) is 1. The van der Waals surface area contributed by atoms with Gasteiger partial charge in [-0.15, -0.1) is 0 Å². The monoisotopic (exact) mass is 301 g/mol. The van der Waals surface area contributed by atoms with Crippen molar-refractivity contribution in [2.75, 3.05) is 26.9 Å². The number of nitrogens with one attached hydrogen (secondary N) is 1. The summed E-state index contributed by atoms with van der Waals surface area (Å²) in [5.41, 5.74) is 1.10. The molecule has 1 amide bonds. The van der Waals surface area contributed by atoms with E-state index in [-0.39, 0.29) is 11.9 Å². The number of rotatable bonds is 8. The van der Waals surface area contributed by atoms with Crippen LogP contribution in [0.1, 0.15) is 24.9 Å². The molecule has 0 bridgehead atoms.